The van der Waals surface area contributed by atoms with Gasteiger partial charge in [-0.25, -0.2) is 4.98 Å². The van der Waals surface area contributed by atoms with Crippen LogP contribution in [0.15, 0.2) is 12.3 Å². The first-order chi connectivity index (χ1) is 9.29. The lowest BCUT2D eigenvalue weighted by Crippen LogP contribution is -2.35. The molecule has 2 fully saturated rings. The fraction of sp³-hybridized carbons (Fsp3) is 0.667. The Labute approximate surface area is 115 Å². The molecule has 0 radical (unpaired) electrons. The number of nitrogens with zero attached hydrogens (tertiary/aromatic N) is 3. The molecule has 2 saturated heterocycles. The van der Waals surface area contributed by atoms with E-state index in [1.165, 1.54) is 43.5 Å². The molecule has 2 N–H and O–H groups in total. The molecule has 4 heteroatoms. The van der Waals surface area contributed by atoms with Crippen LogP contribution >= 0.6 is 0 Å². The summed E-state index contributed by atoms with van der Waals surface area (Å²) in [5.41, 5.74) is 8.37. The summed E-state index contributed by atoms with van der Waals surface area (Å²) in [7, 11) is 0. The van der Waals surface area contributed by atoms with Crippen molar-refractivity contribution in [3.8, 4) is 0 Å². The molecule has 2 aliphatic rings. The lowest BCUT2D eigenvalue weighted by atomic mass is 10.1. The van der Waals surface area contributed by atoms with E-state index >= 15 is 0 Å². The van der Waals surface area contributed by atoms with E-state index in [0.29, 0.717) is 6.54 Å². The van der Waals surface area contributed by atoms with Gasteiger partial charge in [-0.2, -0.15) is 0 Å². The SMILES string of the molecule is Cc1ccnc(N2CCC(N3CCCC3)C2)c1CN. The second kappa shape index (κ2) is 5.47. The standard InChI is InChI=1S/C15H24N4/c1-12-4-6-17-15(14(12)10-16)19-9-5-13(11-19)18-7-2-3-8-18/h4,6,13H,2-3,5,7-11,16H2,1H3. The summed E-state index contributed by atoms with van der Waals surface area (Å²) < 4.78 is 0. The molecule has 0 bridgehead atoms. The third-order valence-electron chi connectivity index (χ3n) is 4.59. The number of anilines is 1. The highest BCUT2D eigenvalue weighted by atomic mass is 15.3. The number of hydrogen-bond acceptors (Lipinski definition) is 4. The van der Waals surface area contributed by atoms with Crippen LogP contribution in [0.25, 0.3) is 0 Å². The summed E-state index contributed by atoms with van der Waals surface area (Å²) in [5, 5.41) is 0. The van der Waals surface area contributed by atoms with Gasteiger partial charge in [-0.05, 0) is 50.9 Å². The molecule has 104 valence electrons. The minimum absolute atomic E-state index is 0.583. The Morgan fingerprint density at radius 1 is 1.32 bits per heavy atom. The smallest absolute Gasteiger partial charge is 0.133 e. The van der Waals surface area contributed by atoms with Crippen LogP contribution in [0.3, 0.4) is 0 Å². The van der Waals surface area contributed by atoms with E-state index in [2.05, 4.69) is 27.8 Å². The van der Waals surface area contributed by atoms with Crippen molar-refractivity contribution in [2.45, 2.75) is 38.8 Å². The summed E-state index contributed by atoms with van der Waals surface area (Å²) in [6, 6.07) is 2.77. The van der Waals surface area contributed by atoms with Crippen LogP contribution in [0.1, 0.15) is 30.4 Å². The molecule has 0 saturated carbocycles. The van der Waals surface area contributed by atoms with Crippen molar-refractivity contribution in [2.24, 2.45) is 5.73 Å². The van der Waals surface area contributed by atoms with Crippen LogP contribution in [0.2, 0.25) is 0 Å². The highest BCUT2D eigenvalue weighted by Crippen LogP contribution is 2.27. The van der Waals surface area contributed by atoms with Gasteiger partial charge in [0.25, 0.3) is 0 Å². The summed E-state index contributed by atoms with van der Waals surface area (Å²) in [4.78, 5) is 9.66. The molecule has 0 amide bonds. The predicted octanol–water partition coefficient (Wildman–Crippen LogP) is 1.52. The zero-order chi connectivity index (χ0) is 13.2. The molecule has 1 aromatic rings. The predicted molar refractivity (Wildman–Crippen MR) is 78.3 cm³/mol. The second-order valence-corrected chi connectivity index (χ2v) is 5.77. The van der Waals surface area contributed by atoms with Crippen LogP contribution < -0.4 is 10.6 Å². The van der Waals surface area contributed by atoms with E-state index in [-0.39, 0.29) is 0 Å². The minimum atomic E-state index is 0.583. The van der Waals surface area contributed by atoms with Gasteiger partial charge in [-0.3, -0.25) is 4.90 Å². The first-order valence-electron chi connectivity index (χ1n) is 7.43. The van der Waals surface area contributed by atoms with Crippen LogP contribution in [0, 0.1) is 6.92 Å². The highest BCUT2D eigenvalue weighted by molar-refractivity contribution is 5.51. The molecular formula is C15H24N4. The Balaban J connectivity index is 1.75. The molecule has 2 aliphatic heterocycles. The highest BCUT2D eigenvalue weighted by Gasteiger charge is 2.30. The molecule has 0 aromatic carbocycles. The van der Waals surface area contributed by atoms with Crippen LogP contribution in [-0.4, -0.2) is 42.1 Å². The largest absolute Gasteiger partial charge is 0.355 e. The van der Waals surface area contributed by atoms with Crippen LogP contribution in [-0.2, 0) is 6.54 Å². The first-order valence-corrected chi connectivity index (χ1v) is 7.43. The Morgan fingerprint density at radius 2 is 2.11 bits per heavy atom. The molecule has 0 spiro atoms. The van der Waals surface area contributed by atoms with Gasteiger partial charge in [-0.1, -0.05) is 0 Å². The Hall–Kier alpha value is -1.13. The van der Waals surface area contributed by atoms with Gasteiger partial charge in [0.05, 0.1) is 0 Å². The van der Waals surface area contributed by atoms with Crippen molar-refractivity contribution in [2.75, 3.05) is 31.1 Å². The van der Waals surface area contributed by atoms with Crippen LogP contribution in [0.4, 0.5) is 5.82 Å². The van der Waals surface area contributed by atoms with Crippen molar-refractivity contribution >= 4 is 5.82 Å². The number of aryl methyl sites for hydroxylation is 1. The first kappa shape index (κ1) is 12.9. The number of rotatable bonds is 3. The lowest BCUT2D eigenvalue weighted by molar-refractivity contribution is 0.260. The monoisotopic (exact) mass is 260 g/mol. The molecular weight excluding hydrogens is 236 g/mol. The Morgan fingerprint density at radius 3 is 2.84 bits per heavy atom. The van der Waals surface area contributed by atoms with E-state index in [0.717, 1.165) is 24.9 Å². The number of aromatic nitrogens is 1. The molecule has 1 aromatic heterocycles. The van der Waals surface area contributed by atoms with E-state index in [1.54, 1.807) is 0 Å². The van der Waals surface area contributed by atoms with Crippen molar-refractivity contribution in [1.29, 1.82) is 0 Å². The summed E-state index contributed by atoms with van der Waals surface area (Å²) in [6.07, 6.45) is 5.91. The molecule has 1 atom stereocenters. The zero-order valence-corrected chi connectivity index (χ0v) is 11.8. The second-order valence-electron chi connectivity index (χ2n) is 5.77. The summed E-state index contributed by atoms with van der Waals surface area (Å²) >= 11 is 0. The third kappa shape index (κ3) is 2.47. The molecule has 0 aliphatic carbocycles. The average Bonchev–Trinajstić information content (AvgIpc) is 3.09. The number of pyridine rings is 1. The fourth-order valence-corrected chi connectivity index (χ4v) is 3.44. The van der Waals surface area contributed by atoms with Crippen molar-refractivity contribution in [3.63, 3.8) is 0 Å². The minimum Gasteiger partial charge on any atom is -0.355 e. The molecule has 3 heterocycles. The third-order valence-corrected chi connectivity index (χ3v) is 4.59. The molecule has 1 unspecified atom stereocenters. The molecule has 3 rings (SSSR count). The molecule has 19 heavy (non-hydrogen) atoms. The Kier molecular flexibility index (Phi) is 3.71. The van der Waals surface area contributed by atoms with Crippen molar-refractivity contribution in [1.82, 2.24) is 9.88 Å². The maximum Gasteiger partial charge on any atom is 0.133 e. The van der Waals surface area contributed by atoms with Gasteiger partial charge >= 0.3 is 0 Å². The number of hydrogen-bond donors (Lipinski definition) is 1. The fourth-order valence-electron chi connectivity index (χ4n) is 3.44. The van der Waals surface area contributed by atoms with E-state index < -0.39 is 0 Å². The number of nitrogens with two attached hydrogens (primary N) is 1. The topological polar surface area (TPSA) is 45.4 Å². The normalized spacial score (nSPS) is 24.3. The average molecular weight is 260 g/mol. The van der Waals surface area contributed by atoms with Gasteiger partial charge in [0, 0.05) is 37.4 Å². The van der Waals surface area contributed by atoms with Crippen molar-refractivity contribution < 1.29 is 0 Å². The van der Waals surface area contributed by atoms with Crippen LogP contribution in [0.5, 0.6) is 0 Å². The summed E-state index contributed by atoms with van der Waals surface area (Å²) in [6.45, 7) is 7.50. The number of likely N-dealkylation sites (tertiary alicyclic amines) is 1. The quantitative estimate of drug-likeness (QED) is 0.895. The molecule has 4 nitrogen and oxygen atoms in total. The van der Waals surface area contributed by atoms with E-state index in [4.69, 9.17) is 5.73 Å². The van der Waals surface area contributed by atoms with Gasteiger partial charge in [0.1, 0.15) is 5.82 Å². The Bertz CT molecular complexity index is 440. The maximum atomic E-state index is 5.90. The zero-order valence-electron chi connectivity index (χ0n) is 11.8. The lowest BCUT2D eigenvalue weighted by Gasteiger charge is -2.25. The summed E-state index contributed by atoms with van der Waals surface area (Å²) in [5.74, 6) is 1.11. The van der Waals surface area contributed by atoms with Gasteiger partial charge in [0.2, 0.25) is 0 Å². The van der Waals surface area contributed by atoms with Gasteiger partial charge in [0.15, 0.2) is 0 Å². The van der Waals surface area contributed by atoms with Gasteiger partial charge < -0.3 is 10.6 Å². The van der Waals surface area contributed by atoms with E-state index in [9.17, 15) is 0 Å². The van der Waals surface area contributed by atoms with E-state index in [1.807, 2.05) is 6.20 Å². The van der Waals surface area contributed by atoms with Crippen molar-refractivity contribution in [3.05, 3.63) is 23.4 Å². The maximum absolute atomic E-state index is 5.90. The van der Waals surface area contributed by atoms with Gasteiger partial charge in [-0.15, -0.1) is 0 Å².